The van der Waals surface area contributed by atoms with Gasteiger partial charge in [-0.3, -0.25) is 4.79 Å². The first kappa shape index (κ1) is 24.1. The zero-order valence-corrected chi connectivity index (χ0v) is 20.3. The van der Waals surface area contributed by atoms with Crippen LogP contribution in [0.5, 0.6) is 0 Å². The third kappa shape index (κ3) is 5.73. The van der Waals surface area contributed by atoms with E-state index < -0.39 is 10.3 Å². The van der Waals surface area contributed by atoms with Gasteiger partial charge in [-0.1, -0.05) is 41.9 Å². The van der Waals surface area contributed by atoms with E-state index in [1.165, 1.54) is 22.5 Å². The Bertz CT molecular complexity index is 1120. The number of halogens is 2. The van der Waals surface area contributed by atoms with Crippen molar-refractivity contribution >= 4 is 33.5 Å². The Morgan fingerprint density at radius 2 is 1.94 bits per heavy atom. The van der Waals surface area contributed by atoms with Crippen molar-refractivity contribution in [2.75, 3.05) is 53.4 Å². The Morgan fingerprint density at radius 1 is 1.21 bits per heavy atom. The van der Waals surface area contributed by atoms with Crippen molar-refractivity contribution in [2.24, 2.45) is 10.3 Å². The summed E-state index contributed by atoms with van der Waals surface area (Å²) in [5.41, 5.74) is 1.45. The van der Waals surface area contributed by atoms with Crippen LogP contribution < -0.4 is 0 Å². The van der Waals surface area contributed by atoms with Gasteiger partial charge < -0.3 is 14.5 Å². The summed E-state index contributed by atoms with van der Waals surface area (Å²) in [5, 5.41) is 0.147. The molecule has 0 N–H and O–H groups in total. The standard InChI is InChI=1S/C23H28ClFN4O3S/c1-27(2)13-17-14-29(15-17)33(25,31)26-19-8-9-20(21(24)12-19)23(30)28-10-11-32-22(16-28)18-6-4-3-5-7-18/h3-9,12,17,22H,10-11,13-16H2,1-2H3/t22-,33?/m1/s1. The molecule has 2 saturated heterocycles. The number of carbonyl (C=O) groups excluding carboxylic acids is 1. The van der Waals surface area contributed by atoms with E-state index in [-0.39, 0.29) is 28.6 Å². The highest BCUT2D eigenvalue weighted by Crippen LogP contribution is 2.30. The predicted octanol–water partition coefficient (Wildman–Crippen LogP) is 3.95. The third-order valence-electron chi connectivity index (χ3n) is 5.79. The second-order valence-electron chi connectivity index (χ2n) is 8.68. The summed E-state index contributed by atoms with van der Waals surface area (Å²) in [4.78, 5) is 16.8. The van der Waals surface area contributed by atoms with Gasteiger partial charge in [0.05, 0.1) is 29.4 Å². The lowest BCUT2D eigenvalue weighted by Crippen LogP contribution is -2.51. The van der Waals surface area contributed by atoms with Crippen LogP contribution in [-0.4, -0.2) is 77.6 Å². The van der Waals surface area contributed by atoms with Crippen LogP contribution in [-0.2, 0) is 15.0 Å². The summed E-state index contributed by atoms with van der Waals surface area (Å²) in [5.74, 6) is 0.0367. The highest BCUT2D eigenvalue weighted by molar-refractivity contribution is 7.86. The first-order chi connectivity index (χ1) is 15.7. The Morgan fingerprint density at radius 3 is 2.61 bits per heavy atom. The molecule has 2 atom stereocenters. The average molecular weight is 495 g/mol. The summed E-state index contributed by atoms with van der Waals surface area (Å²) in [6, 6.07) is 14.1. The quantitative estimate of drug-likeness (QED) is 0.570. The molecule has 1 unspecified atom stereocenters. The molecular formula is C23H28ClFN4O3S. The molecule has 0 bridgehead atoms. The fraction of sp³-hybridized carbons (Fsp3) is 0.435. The van der Waals surface area contributed by atoms with Crippen LogP contribution >= 0.6 is 11.6 Å². The SMILES string of the molecule is CN(C)CC1CN(S(=O)(F)=Nc2ccc(C(=O)N3CCO[C@@H](c4ccccc4)C3)c(Cl)c2)C1. The van der Waals surface area contributed by atoms with Gasteiger partial charge in [0.1, 0.15) is 6.10 Å². The summed E-state index contributed by atoms with van der Waals surface area (Å²) >= 11 is 6.36. The van der Waals surface area contributed by atoms with Gasteiger partial charge in [0.2, 0.25) is 0 Å². The molecule has 2 aliphatic heterocycles. The molecule has 0 aliphatic carbocycles. The van der Waals surface area contributed by atoms with Gasteiger partial charge in [0, 0.05) is 26.2 Å². The van der Waals surface area contributed by atoms with Gasteiger partial charge in [-0.15, -0.1) is 3.89 Å². The lowest BCUT2D eigenvalue weighted by atomic mass is 10.0. The number of carbonyl (C=O) groups is 1. The topological polar surface area (TPSA) is 65.5 Å². The monoisotopic (exact) mass is 494 g/mol. The van der Waals surface area contributed by atoms with Gasteiger partial charge in [-0.25, -0.2) is 0 Å². The maximum absolute atomic E-state index is 14.8. The number of benzene rings is 2. The van der Waals surface area contributed by atoms with Crippen molar-refractivity contribution in [3.05, 3.63) is 64.7 Å². The van der Waals surface area contributed by atoms with Gasteiger partial charge in [-0.05, 0) is 43.8 Å². The van der Waals surface area contributed by atoms with E-state index in [4.69, 9.17) is 16.3 Å². The summed E-state index contributed by atoms with van der Waals surface area (Å²) in [6.45, 7) is 2.87. The fourth-order valence-corrected chi connectivity index (χ4v) is 5.67. The highest BCUT2D eigenvalue weighted by atomic mass is 35.5. The van der Waals surface area contributed by atoms with E-state index in [0.29, 0.717) is 38.3 Å². The van der Waals surface area contributed by atoms with Crippen LogP contribution in [0, 0.1) is 5.92 Å². The van der Waals surface area contributed by atoms with E-state index in [1.807, 2.05) is 49.3 Å². The first-order valence-electron chi connectivity index (χ1n) is 10.8. The molecule has 0 spiro atoms. The minimum atomic E-state index is -4.03. The minimum Gasteiger partial charge on any atom is -0.370 e. The molecule has 10 heteroatoms. The molecule has 7 nitrogen and oxygen atoms in total. The molecule has 2 fully saturated rings. The van der Waals surface area contributed by atoms with E-state index in [0.717, 1.165) is 12.1 Å². The zero-order valence-electron chi connectivity index (χ0n) is 18.7. The molecule has 2 aliphatic rings. The normalized spacial score (nSPS) is 21.5. The van der Waals surface area contributed by atoms with Gasteiger partial charge in [0.25, 0.3) is 16.2 Å². The lowest BCUT2D eigenvalue weighted by molar-refractivity contribution is -0.0228. The largest absolute Gasteiger partial charge is 0.370 e. The Hall–Kier alpha value is -2.04. The van der Waals surface area contributed by atoms with Gasteiger partial charge in [0.15, 0.2) is 0 Å². The third-order valence-corrected chi connectivity index (χ3v) is 7.48. The van der Waals surface area contributed by atoms with Gasteiger partial charge in [-0.2, -0.15) is 12.9 Å². The van der Waals surface area contributed by atoms with Crippen LogP contribution in [0.4, 0.5) is 9.57 Å². The van der Waals surface area contributed by atoms with Crippen molar-refractivity contribution in [2.45, 2.75) is 6.10 Å². The highest BCUT2D eigenvalue weighted by Gasteiger charge is 2.35. The number of nitrogens with zero attached hydrogens (tertiary/aromatic N) is 4. The number of amides is 1. The lowest BCUT2D eigenvalue weighted by Gasteiger charge is -2.38. The molecule has 1 amide bonds. The molecule has 0 saturated carbocycles. The minimum absolute atomic E-state index is 0.143. The summed E-state index contributed by atoms with van der Waals surface area (Å²) in [7, 11) is -0.139. The van der Waals surface area contributed by atoms with Crippen LogP contribution in [0.3, 0.4) is 0 Å². The molecule has 2 heterocycles. The van der Waals surface area contributed by atoms with Crippen LogP contribution in [0.2, 0.25) is 5.02 Å². The number of morpholine rings is 1. The van der Waals surface area contributed by atoms with E-state index in [2.05, 4.69) is 4.36 Å². The second kappa shape index (κ2) is 10.1. The smallest absolute Gasteiger partial charge is 0.275 e. The van der Waals surface area contributed by atoms with Crippen molar-refractivity contribution in [1.29, 1.82) is 0 Å². The van der Waals surface area contributed by atoms with E-state index in [1.54, 1.807) is 4.90 Å². The fourth-order valence-electron chi connectivity index (χ4n) is 4.13. The number of rotatable bonds is 6. The number of ether oxygens (including phenoxy) is 1. The van der Waals surface area contributed by atoms with Gasteiger partial charge >= 0.3 is 0 Å². The van der Waals surface area contributed by atoms with Crippen LogP contribution in [0.1, 0.15) is 22.0 Å². The van der Waals surface area contributed by atoms with E-state index >= 15 is 0 Å². The Balaban J connectivity index is 1.44. The molecule has 0 radical (unpaired) electrons. The van der Waals surface area contributed by atoms with Crippen molar-refractivity contribution < 1.29 is 17.6 Å². The number of hydrogen-bond donors (Lipinski definition) is 0. The maximum Gasteiger partial charge on any atom is 0.275 e. The molecule has 178 valence electrons. The maximum atomic E-state index is 14.8. The second-order valence-corrected chi connectivity index (χ2v) is 10.7. The summed E-state index contributed by atoms with van der Waals surface area (Å²) in [6.07, 6.45) is -0.207. The molecule has 2 aromatic rings. The van der Waals surface area contributed by atoms with E-state index in [9.17, 15) is 12.9 Å². The van der Waals surface area contributed by atoms with Crippen molar-refractivity contribution in [3.63, 3.8) is 0 Å². The van der Waals surface area contributed by atoms with Crippen LogP contribution in [0.25, 0.3) is 0 Å². The van der Waals surface area contributed by atoms with Crippen LogP contribution in [0.15, 0.2) is 52.9 Å². The predicted molar refractivity (Wildman–Crippen MR) is 127 cm³/mol. The number of hydrogen-bond acceptors (Lipinski definition) is 5. The molecule has 2 aromatic carbocycles. The average Bonchev–Trinajstić information content (AvgIpc) is 2.76. The summed E-state index contributed by atoms with van der Waals surface area (Å²) < 4.78 is 38.1. The molecular weight excluding hydrogens is 467 g/mol. The Kier molecular flexibility index (Phi) is 7.35. The van der Waals surface area contributed by atoms with Crippen molar-refractivity contribution in [3.8, 4) is 0 Å². The Labute approximate surface area is 199 Å². The molecule has 33 heavy (non-hydrogen) atoms. The zero-order chi connectivity index (χ0) is 23.6. The first-order valence-corrected chi connectivity index (χ1v) is 12.6. The van der Waals surface area contributed by atoms with Crippen molar-refractivity contribution in [1.82, 2.24) is 14.1 Å². The molecule has 0 aromatic heterocycles. The molecule has 4 rings (SSSR count).